The van der Waals surface area contributed by atoms with Gasteiger partial charge in [0.1, 0.15) is 11.5 Å². The van der Waals surface area contributed by atoms with Crippen LogP contribution in [0.1, 0.15) is 48.0 Å². The summed E-state index contributed by atoms with van der Waals surface area (Å²) in [5.74, 6) is 1.96. The van der Waals surface area contributed by atoms with Crippen LogP contribution in [0.25, 0.3) is 22.8 Å². The molecule has 1 aliphatic rings. The third-order valence-electron chi connectivity index (χ3n) is 5.04. The molecule has 1 aromatic heterocycles. The van der Waals surface area contributed by atoms with Gasteiger partial charge in [0, 0.05) is 6.42 Å². The Hall–Kier alpha value is -2.54. The second-order valence-electron chi connectivity index (χ2n) is 6.94. The molecule has 0 bridgehead atoms. The normalized spacial score (nSPS) is 13.0. The Balaban J connectivity index is 1.67. The number of aryl methyl sites for hydroxylation is 2. The molecular weight excluding hydrogens is 304 g/mol. The molecule has 0 saturated heterocycles. The summed E-state index contributed by atoms with van der Waals surface area (Å²) in [6.45, 7) is 4.24. The van der Waals surface area contributed by atoms with Crippen LogP contribution in [0.15, 0.2) is 59.0 Å². The predicted octanol–water partition coefficient (Wildman–Crippen LogP) is 6.69. The molecule has 0 radical (unpaired) electrons. The first kappa shape index (κ1) is 16.0. The van der Waals surface area contributed by atoms with Crippen molar-refractivity contribution in [3.05, 3.63) is 82.8 Å². The molecule has 1 aliphatic carbocycles. The van der Waals surface area contributed by atoms with E-state index in [-0.39, 0.29) is 0 Å². The highest BCUT2D eigenvalue weighted by Gasteiger charge is 2.19. The first-order valence-corrected chi connectivity index (χ1v) is 9.23. The van der Waals surface area contributed by atoms with Gasteiger partial charge in [-0.05, 0) is 71.4 Å². The Morgan fingerprint density at radius 2 is 1.80 bits per heavy atom. The van der Waals surface area contributed by atoms with E-state index < -0.39 is 0 Å². The zero-order chi connectivity index (χ0) is 17.2. The van der Waals surface area contributed by atoms with Gasteiger partial charge in [0.25, 0.3) is 0 Å². The first-order chi connectivity index (χ1) is 12.2. The van der Waals surface area contributed by atoms with Crippen molar-refractivity contribution < 1.29 is 4.42 Å². The van der Waals surface area contributed by atoms with Crippen molar-refractivity contribution in [2.45, 2.75) is 39.5 Å². The molecule has 3 aromatic rings. The number of rotatable bonds is 5. The molecule has 25 heavy (non-hydrogen) atoms. The van der Waals surface area contributed by atoms with E-state index in [1.54, 1.807) is 0 Å². The molecule has 0 aliphatic heterocycles. The lowest BCUT2D eigenvalue weighted by atomic mass is 9.96. The van der Waals surface area contributed by atoms with Crippen LogP contribution in [0.3, 0.4) is 0 Å². The Morgan fingerprint density at radius 3 is 2.52 bits per heavy atom. The summed E-state index contributed by atoms with van der Waals surface area (Å²) in [5, 5.41) is 0. The van der Waals surface area contributed by atoms with Crippen LogP contribution >= 0.6 is 0 Å². The van der Waals surface area contributed by atoms with Crippen molar-refractivity contribution in [1.82, 2.24) is 0 Å². The van der Waals surface area contributed by atoms with Crippen molar-refractivity contribution in [3.63, 3.8) is 0 Å². The molecule has 0 N–H and O–H groups in total. The highest BCUT2D eigenvalue weighted by atomic mass is 16.3. The quantitative estimate of drug-likeness (QED) is 0.508. The molecule has 1 heterocycles. The highest BCUT2D eigenvalue weighted by molar-refractivity contribution is 5.92. The summed E-state index contributed by atoms with van der Waals surface area (Å²) < 4.78 is 5.83. The summed E-state index contributed by atoms with van der Waals surface area (Å²) in [6, 6.07) is 19.8. The Labute approximate surface area is 150 Å². The van der Waals surface area contributed by atoms with Crippen LogP contribution in [0, 0.1) is 6.92 Å². The summed E-state index contributed by atoms with van der Waals surface area (Å²) >= 11 is 0. The third kappa shape index (κ3) is 3.19. The van der Waals surface area contributed by atoms with Gasteiger partial charge in [0.2, 0.25) is 0 Å². The molecule has 0 atom stereocenters. The van der Waals surface area contributed by atoms with Crippen LogP contribution in [-0.4, -0.2) is 0 Å². The van der Waals surface area contributed by atoms with Crippen molar-refractivity contribution in [2.24, 2.45) is 0 Å². The highest BCUT2D eigenvalue weighted by Crippen LogP contribution is 2.38. The molecular formula is C24H24O. The van der Waals surface area contributed by atoms with Crippen LogP contribution < -0.4 is 0 Å². The summed E-state index contributed by atoms with van der Waals surface area (Å²) in [4.78, 5) is 0. The lowest BCUT2D eigenvalue weighted by molar-refractivity contribution is 0.521. The number of furan rings is 1. The molecule has 0 unspecified atom stereocenters. The smallest absolute Gasteiger partial charge is 0.130 e. The fraction of sp³-hybridized carbons (Fsp3) is 0.250. The van der Waals surface area contributed by atoms with E-state index in [1.807, 2.05) is 13.0 Å². The average Bonchev–Trinajstić information content (AvgIpc) is 3.26. The summed E-state index contributed by atoms with van der Waals surface area (Å²) in [7, 11) is 0. The maximum atomic E-state index is 5.83. The number of unbranched alkanes of at least 4 members (excludes halogenated alkanes) is 1. The number of hydrogen-bond acceptors (Lipinski definition) is 1. The van der Waals surface area contributed by atoms with Crippen molar-refractivity contribution in [3.8, 4) is 11.1 Å². The largest absolute Gasteiger partial charge is 0.462 e. The number of allylic oxidation sites excluding steroid dienone is 1. The second-order valence-corrected chi connectivity index (χ2v) is 6.94. The molecule has 2 aromatic carbocycles. The van der Waals surface area contributed by atoms with Crippen molar-refractivity contribution >= 4 is 11.6 Å². The van der Waals surface area contributed by atoms with Gasteiger partial charge in [-0.15, -0.1) is 0 Å². The van der Waals surface area contributed by atoms with Gasteiger partial charge in [-0.2, -0.15) is 0 Å². The average molecular weight is 328 g/mol. The van der Waals surface area contributed by atoms with Crippen molar-refractivity contribution in [1.29, 1.82) is 0 Å². The Morgan fingerprint density at radius 1 is 0.960 bits per heavy atom. The van der Waals surface area contributed by atoms with E-state index in [9.17, 15) is 0 Å². The fourth-order valence-electron chi connectivity index (χ4n) is 3.62. The van der Waals surface area contributed by atoms with Gasteiger partial charge in [-0.3, -0.25) is 0 Å². The molecule has 0 fully saturated rings. The van der Waals surface area contributed by atoms with Gasteiger partial charge < -0.3 is 4.42 Å². The monoisotopic (exact) mass is 328 g/mol. The van der Waals surface area contributed by atoms with Gasteiger partial charge in [-0.1, -0.05) is 55.8 Å². The van der Waals surface area contributed by atoms with Crippen LogP contribution in [-0.2, 0) is 12.8 Å². The van der Waals surface area contributed by atoms with Crippen LogP contribution in [0.4, 0.5) is 0 Å². The van der Waals surface area contributed by atoms with E-state index in [1.165, 1.54) is 52.7 Å². The second kappa shape index (κ2) is 6.76. The van der Waals surface area contributed by atoms with Crippen molar-refractivity contribution in [2.75, 3.05) is 0 Å². The zero-order valence-electron chi connectivity index (χ0n) is 15.0. The van der Waals surface area contributed by atoms with Gasteiger partial charge in [-0.25, -0.2) is 0 Å². The molecule has 4 rings (SSSR count). The van der Waals surface area contributed by atoms with E-state index in [0.29, 0.717) is 0 Å². The van der Waals surface area contributed by atoms with E-state index in [0.717, 1.165) is 17.9 Å². The van der Waals surface area contributed by atoms with E-state index in [2.05, 4.69) is 61.5 Å². The summed E-state index contributed by atoms with van der Waals surface area (Å²) in [6.07, 6.45) is 6.92. The topological polar surface area (TPSA) is 13.1 Å². The molecule has 0 spiro atoms. The first-order valence-electron chi connectivity index (χ1n) is 9.23. The third-order valence-corrected chi connectivity index (χ3v) is 5.04. The summed E-state index contributed by atoms with van der Waals surface area (Å²) in [5.41, 5.74) is 8.04. The molecule has 126 valence electrons. The minimum atomic E-state index is 0.949. The minimum absolute atomic E-state index is 0.949. The lowest BCUT2D eigenvalue weighted by Crippen LogP contribution is -1.89. The molecule has 0 saturated carbocycles. The zero-order valence-corrected chi connectivity index (χ0v) is 15.0. The fourth-order valence-corrected chi connectivity index (χ4v) is 3.62. The van der Waals surface area contributed by atoms with E-state index in [4.69, 9.17) is 4.42 Å². The van der Waals surface area contributed by atoms with Crippen LogP contribution in [0.2, 0.25) is 0 Å². The maximum absolute atomic E-state index is 5.83. The van der Waals surface area contributed by atoms with E-state index >= 15 is 0 Å². The minimum Gasteiger partial charge on any atom is -0.462 e. The van der Waals surface area contributed by atoms with Gasteiger partial charge >= 0.3 is 0 Å². The standard InChI is InChI=1S/C24H24O/c1-3-4-6-18-10-12-19(13-11-18)22-8-5-7-20-15-21(16-23(20)22)24-14-9-17(2)25-24/h5,7-14,16H,3-4,6,15H2,1-2H3. The molecule has 0 amide bonds. The SMILES string of the molecule is CCCCc1ccc(-c2cccc3c2C=C(c2ccc(C)o2)C3)cc1. The van der Waals surface area contributed by atoms with Crippen LogP contribution in [0.5, 0.6) is 0 Å². The number of benzene rings is 2. The number of hydrogen-bond donors (Lipinski definition) is 0. The predicted molar refractivity (Wildman–Crippen MR) is 106 cm³/mol. The van der Waals surface area contributed by atoms with Gasteiger partial charge in [0.05, 0.1) is 0 Å². The maximum Gasteiger partial charge on any atom is 0.130 e. The lowest BCUT2D eigenvalue weighted by Gasteiger charge is -2.09. The number of fused-ring (bicyclic) bond motifs is 1. The Bertz CT molecular complexity index is 910. The molecule has 1 heteroatoms. The van der Waals surface area contributed by atoms with Gasteiger partial charge in [0.15, 0.2) is 0 Å². The Kier molecular flexibility index (Phi) is 4.31. The molecule has 1 nitrogen and oxygen atoms in total.